The van der Waals surface area contributed by atoms with Gasteiger partial charge in [-0.05, 0) is 25.0 Å². The molecule has 0 spiro atoms. The van der Waals surface area contributed by atoms with Crippen LogP contribution in [0.2, 0.25) is 0 Å². The molecule has 1 N–H and O–H groups in total. The molecular weight excluding hydrogens is 219 g/mol. The largest absolute Gasteiger partial charge is 0.324 e. The summed E-state index contributed by atoms with van der Waals surface area (Å²) in [5.74, 6) is -0.516. The zero-order valence-electron chi connectivity index (χ0n) is 10.0. The Morgan fingerprint density at radius 3 is 2.65 bits per heavy atom. The van der Waals surface area contributed by atoms with Crippen LogP contribution in [0.4, 0.5) is 10.1 Å². The summed E-state index contributed by atoms with van der Waals surface area (Å²) < 4.78 is 12.6. The first-order valence-corrected chi connectivity index (χ1v) is 6.03. The lowest BCUT2D eigenvalue weighted by atomic mass is 9.75. The van der Waals surface area contributed by atoms with Crippen LogP contribution in [0.1, 0.15) is 39.0 Å². The van der Waals surface area contributed by atoms with Crippen molar-refractivity contribution in [2.45, 2.75) is 39.0 Å². The van der Waals surface area contributed by atoms with E-state index >= 15 is 0 Å². The lowest BCUT2D eigenvalue weighted by Gasteiger charge is -2.31. The number of hydrogen-bond donors (Lipinski definition) is 1. The molecule has 0 atom stereocenters. The van der Waals surface area contributed by atoms with E-state index in [2.05, 4.69) is 10.3 Å². The Bertz CT molecular complexity index is 396. The summed E-state index contributed by atoms with van der Waals surface area (Å²) in [5, 5.41) is 2.81. The van der Waals surface area contributed by atoms with E-state index in [4.69, 9.17) is 0 Å². The number of amides is 1. The highest BCUT2D eigenvalue weighted by atomic mass is 19.1. The Morgan fingerprint density at radius 2 is 2.06 bits per heavy atom. The summed E-state index contributed by atoms with van der Waals surface area (Å²) in [5.41, 5.74) is 0.273. The smallest absolute Gasteiger partial charge is 0.230 e. The number of nitrogens with one attached hydrogen (secondary N) is 1. The predicted octanol–water partition coefficient (Wildman–Crippen LogP) is 3.13. The summed E-state index contributed by atoms with van der Waals surface area (Å²) >= 11 is 0. The molecule has 0 bridgehead atoms. The van der Waals surface area contributed by atoms with Crippen LogP contribution in [0.5, 0.6) is 0 Å². The van der Waals surface area contributed by atoms with E-state index in [1.165, 1.54) is 24.8 Å². The molecule has 1 saturated carbocycles. The molecule has 3 nitrogen and oxygen atoms in total. The number of rotatable bonds is 2. The molecule has 0 aliphatic heterocycles. The Balaban J connectivity index is 2.03. The molecule has 1 heterocycles. The van der Waals surface area contributed by atoms with Crippen molar-refractivity contribution in [1.82, 2.24) is 4.98 Å². The minimum absolute atomic E-state index is 0.0191. The molecule has 1 aliphatic rings. The van der Waals surface area contributed by atoms with Crippen LogP contribution < -0.4 is 5.32 Å². The average Bonchev–Trinajstić information content (AvgIpc) is 2.33. The van der Waals surface area contributed by atoms with E-state index in [0.29, 0.717) is 5.69 Å². The predicted molar refractivity (Wildman–Crippen MR) is 64.0 cm³/mol. The minimum atomic E-state index is -0.535. The fraction of sp³-hybridized carbons (Fsp3) is 0.538. The zero-order chi connectivity index (χ0) is 12.3. The summed E-state index contributed by atoms with van der Waals surface area (Å²) in [6.45, 7) is 2.00. The van der Waals surface area contributed by atoms with Crippen LogP contribution >= 0.6 is 0 Å². The van der Waals surface area contributed by atoms with Gasteiger partial charge in [0.15, 0.2) is 0 Å². The maximum atomic E-state index is 12.6. The number of aromatic nitrogens is 1. The first kappa shape index (κ1) is 12.0. The van der Waals surface area contributed by atoms with Crippen LogP contribution in [0, 0.1) is 11.4 Å². The Kier molecular flexibility index (Phi) is 3.41. The van der Waals surface area contributed by atoms with Gasteiger partial charge in [-0.25, -0.2) is 4.98 Å². The standard InChI is InChI=1S/C13H17FN2O/c1-13(7-3-2-4-8-13)12(17)16-10-5-6-11(14)15-9-10/h5-6,9H,2-4,7-8H2,1H3,(H,16,17). The van der Waals surface area contributed by atoms with Crippen molar-refractivity contribution in [3.05, 3.63) is 24.3 Å². The van der Waals surface area contributed by atoms with Gasteiger partial charge in [0.1, 0.15) is 0 Å². The summed E-state index contributed by atoms with van der Waals surface area (Å²) in [6, 6.07) is 2.78. The second-order valence-corrected chi connectivity index (χ2v) is 4.95. The second-order valence-electron chi connectivity index (χ2n) is 4.95. The summed E-state index contributed by atoms with van der Waals surface area (Å²) in [6.07, 6.45) is 6.61. The maximum Gasteiger partial charge on any atom is 0.230 e. The van der Waals surface area contributed by atoms with Gasteiger partial charge in [-0.15, -0.1) is 0 Å². The number of nitrogens with zero attached hydrogens (tertiary/aromatic N) is 1. The summed E-state index contributed by atoms with van der Waals surface area (Å²) in [4.78, 5) is 15.7. The molecule has 2 rings (SSSR count). The highest BCUT2D eigenvalue weighted by Gasteiger charge is 2.34. The molecule has 17 heavy (non-hydrogen) atoms. The van der Waals surface area contributed by atoms with E-state index in [1.54, 1.807) is 0 Å². The van der Waals surface area contributed by atoms with E-state index in [9.17, 15) is 9.18 Å². The number of carbonyl (C=O) groups is 1. The van der Waals surface area contributed by atoms with Gasteiger partial charge in [0, 0.05) is 5.41 Å². The normalized spacial score (nSPS) is 18.7. The third kappa shape index (κ3) is 2.81. The van der Waals surface area contributed by atoms with Crippen molar-refractivity contribution in [2.24, 2.45) is 5.41 Å². The van der Waals surface area contributed by atoms with Crippen LogP contribution in [0.15, 0.2) is 18.3 Å². The molecule has 1 amide bonds. The monoisotopic (exact) mass is 236 g/mol. The number of carbonyl (C=O) groups excluding carboxylic acids is 1. The number of anilines is 1. The molecule has 0 radical (unpaired) electrons. The molecule has 0 aromatic carbocycles. The van der Waals surface area contributed by atoms with Crippen molar-refractivity contribution in [2.75, 3.05) is 5.32 Å². The van der Waals surface area contributed by atoms with E-state index < -0.39 is 5.95 Å². The van der Waals surface area contributed by atoms with Gasteiger partial charge in [0.2, 0.25) is 11.9 Å². The van der Waals surface area contributed by atoms with Crippen molar-refractivity contribution in [3.63, 3.8) is 0 Å². The van der Waals surface area contributed by atoms with Gasteiger partial charge >= 0.3 is 0 Å². The number of halogens is 1. The molecule has 0 unspecified atom stereocenters. The van der Waals surface area contributed by atoms with Gasteiger partial charge in [0.25, 0.3) is 0 Å². The Labute approximate surface area is 100 Å². The third-order valence-corrected chi connectivity index (χ3v) is 3.49. The molecule has 1 aromatic heterocycles. The van der Waals surface area contributed by atoms with Crippen LogP contribution in [0.3, 0.4) is 0 Å². The van der Waals surface area contributed by atoms with Gasteiger partial charge < -0.3 is 5.32 Å². The Morgan fingerprint density at radius 1 is 1.35 bits per heavy atom. The van der Waals surface area contributed by atoms with Crippen LogP contribution in [-0.2, 0) is 4.79 Å². The summed E-state index contributed by atoms with van der Waals surface area (Å²) in [7, 11) is 0. The molecule has 92 valence electrons. The highest BCUT2D eigenvalue weighted by molar-refractivity contribution is 5.94. The number of pyridine rings is 1. The van der Waals surface area contributed by atoms with E-state index in [0.717, 1.165) is 25.7 Å². The van der Waals surface area contributed by atoms with Crippen LogP contribution in [-0.4, -0.2) is 10.9 Å². The third-order valence-electron chi connectivity index (χ3n) is 3.49. The van der Waals surface area contributed by atoms with Crippen molar-refractivity contribution in [3.8, 4) is 0 Å². The SMILES string of the molecule is CC1(C(=O)Nc2ccc(F)nc2)CCCCC1. The lowest BCUT2D eigenvalue weighted by molar-refractivity contribution is -0.126. The van der Waals surface area contributed by atoms with Crippen molar-refractivity contribution in [1.29, 1.82) is 0 Å². The quantitative estimate of drug-likeness (QED) is 0.801. The molecule has 4 heteroatoms. The van der Waals surface area contributed by atoms with E-state index in [-0.39, 0.29) is 11.3 Å². The average molecular weight is 236 g/mol. The zero-order valence-corrected chi connectivity index (χ0v) is 10.0. The molecule has 1 aliphatic carbocycles. The lowest BCUT2D eigenvalue weighted by Crippen LogP contribution is -2.35. The topological polar surface area (TPSA) is 42.0 Å². The number of hydrogen-bond acceptors (Lipinski definition) is 2. The second kappa shape index (κ2) is 4.82. The highest BCUT2D eigenvalue weighted by Crippen LogP contribution is 2.36. The van der Waals surface area contributed by atoms with Gasteiger partial charge in [-0.1, -0.05) is 26.2 Å². The van der Waals surface area contributed by atoms with Gasteiger partial charge in [-0.2, -0.15) is 4.39 Å². The van der Waals surface area contributed by atoms with Gasteiger partial charge in [0.05, 0.1) is 11.9 Å². The Hall–Kier alpha value is -1.45. The molecule has 1 fully saturated rings. The van der Waals surface area contributed by atoms with Crippen molar-refractivity contribution < 1.29 is 9.18 Å². The van der Waals surface area contributed by atoms with Crippen LogP contribution in [0.25, 0.3) is 0 Å². The molecule has 1 aromatic rings. The fourth-order valence-corrected chi connectivity index (χ4v) is 2.29. The molecule has 0 saturated heterocycles. The molecular formula is C13H17FN2O. The van der Waals surface area contributed by atoms with E-state index in [1.807, 2.05) is 6.92 Å². The minimum Gasteiger partial charge on any atom is -0.324 e. The first-order chi connectivity index (χ1) is 8.10. The van der Waals surface area contributed by atoms with Gasteiger partial charge in [-0.3, -0.25) is 4.79 Å². The first-order valence-electron chi connectivity index (χ1n) is 6.03. The van der Waals surface area contributed by atoms with Crippen molar-refractivity contribution >= 4 is 11.6 Å². The fourth-order valence-electron chi connectivity index (χ4n) is 2.29. The maximum absolute atomic E-state index is 12.6.